The first-order valence-corrected chi connectivity index (χ1v) is 3.40. The van der Waals surface area contributed by atoms with E-state index in [9.17, 15) is 9.90 Å². The van der Waals surface area contributed by atoms with Gasteiger partial charge in [-0.25, -0.2) is 4.79 Å². The van der Waals surface area contributed by atoms with Crippen molar-refractivity contribution in [2.24, 2.45) is 5.73 Å². The van der Waals surface area contributed by atoms with Gasteiger partial charge in [0.25, 0.3) is 0 Å². The number of carboxylic acids is 1. The maximum atomic E-state index is 10.4. The fourth-order valence-corrected chi connectivity index (χ4v) is 0.869. The van der Waals surface area contributed by atoms with Gasteiger partial charge in [0, 0.05) is 12.1 Å². The highest BCUT2D eigenvalue weighted by Crippen LogP contribution is 2.17. The van der Waals surface area contributed by atoms with E-state index in [1.165, 1.54) is 18.2 Å². The van der Waals surface area contributed by atoms with E-state index in [-0.39, 0.29) is 17.9 Å². The predicted molar refractivity (Wildman–Crippen MR) is 43.0 cm³/mol. The second kappa shape index (κ2) is 3.23. The predicted octanol–water partition coefficient (Wildman–Crippen LogP) is 0.549. The van der Waals surface area contributed by atoms with E-state index in [0.29, 0.717) is 5.56 Å². The second-order valence-electron chi connectivity index (χ2n) is 2.35. The van der Waals surface area contributed by atoms with Gasteiger partial charge in [0.1, 0.15) is 5.75 Å². The number of phenolic OH excluding ortho intramolecular Hbond substituents is 1. The van der Waals surface area contributed by atoms with Gasteiger partial charge < -0.3 is 15.9 Å². The number of carbonyl (C=O) groups is 1. The lowest BCUT2D eigenvalue weighted by molar-refractivity contribution is 0.0696. The number of hydrogen-bond acceptors (Lipinski definition) is 3. The average Bonchev–Trinajstić information content (AvgIpc) is 2.04. The molecule has 0 fully saturated rings. The van der Waals surface area contributed by atoms with Crippen molar-refractivity contribution >= 4 is 5.97 Å². The molecule has 0 aliphatic rings. The molecule has 12 heavy (non-hydrogen) atoms. The molecule has 0 radical (unpaired) electrons. The van der Waals surface area contributed by atoms with Gasteiger partial charge in [-0.15, -0.1) is 0 Å². The quantitative estimate of drug-likeness (QED) is 0.600. The number of benzene rings is 1. The Balaban J connectivity index is 3.10. The summed E-state index contributed by atoms with van der Waals surface area (Å²) in [6, 6.07) is 4.09. The van der Waals surface area contributed by atoms with Crippen LogP contribution in [0.2, 0.25) is 0 Å². The number of hydrogen-bond donors (Lipinski definition) is 3. The van der Waals surface area contributed by atoms with Gasteiger partial charge in [0.15, 0.2) is 0 Å². The highest BCUT2D eigenvalue weighted by atomic mass is 16.4. The van der Waals surface area contributed by atoms with Crippen molar-refractivity contribution in [2.45, 2.75) is 6.54 Å². The third-order valence-electron chi connectivity index (χ3n) is 1.55. The van der Waals surface area contributed by atoms with Crippen molar-refractivity contribution in [1.29, 1.82) is 0 Å². The summed E-state index contributed by atoms with van der Waals surface area (Å²) in [5, 5.41) is 17.7. The molecule has 0 unspecified atom stereocenters. The Morgan fingerprint density at radius 3 is 2.58 bits per heavy atom. The smallest absolute Gasteiger partial charge is 0.335 e. The number of nitrogens with two attached hydrogens (primary N) is 1. The van der Waals surface area contributed by atoms with Crippen molar-refractivity contribution in [3.05, 3.63) is 29.3 Å². The first-order chi connectivity index (χ1) is 5.65. The van der Waals surface area contributed by atoms with Crippen molar-refractivity contribution in [3.63, 3.8) is 0 Å². The summed E-state index contributed by atoms with van der Waals surface area (Å²) in [7, 11) is 0. The average molecular weight is 167 g/mol. The Kier molecular flexibility index (Phi) is 2.30. The summed E-state index contributed by atoms with van der Waals surface area (Å²) in [4.78, 5) is 10.4. The molecule has 0 bridgehead atoms. The minimum Gasteiger partial charge on any atom is -0.508 e. The maximum absolute atomic E-state index is 10.4. The largest absolute Gasteiger partial charge is 0.508 e. The molecule has 4 N–H and O–H groups in total. The first kappa shape index (κ1) is 8.55. The molecular formula is C8H9NO3. The van der Waals surface area contributed by atoms with Gasteiger partial charge in [-0.2, -0.15) is 0 Å². The first-order valence-electron chi connectivity index (χ1n) is 3.40. The molecule has 0 aliphatic heterocycles. The Bertz CT molecular complexity index is 309. The minimum atomic E-state index is -1.06. The minimum absolute atomic E-state index is 0.0599. The third kappa shape index (κ3) is 1.54. The maximum Gasteiger partial charge on any atom is 0.335 e. The van der Waals surface area contributed by atoms with Crippen LogP contribution in [0.5, 0.6) is 5.75 Å². The van der Waals surface area contributed by atoms with Crippen molar-refractivity contribution in [2.75, 3.05) is 0 Å². The Morgan fingerprint density at radius 1 is 1.50 bits per heavy atom. The Hall–Kier alpha value is -1.55. The van der Waals surface area contributed by atoms with Crippen LogP contribution in [0.25, 0.3) is 0 Å². The van der Waals surface area contributed by atoms with E-state index in [1.807, 2.05) is 0 Å². The van der Waals surface area contributed by atoms with Gasteiger partial charge in [0.05, 0.1) is 5.56 Å². The monoisotopic (exact) mass is 167 g/mol. The van der Waals surface area contributed by atoms with Crippen molar-refractivity contribution in [3.8, 4) is 5.75 Å². The third-order valence-corrected chi connectivity index (χ3v) is 1.55. The van der Waals surface area contributed by atoms with Gasteiger partial charge in [-0.1, -0.05) is 6.07 Å². The fraction of sp³-hybridized carbons (Fsp3) is 0.125. The lowest BCUT2D eigenvalue weighted by Crippen LogP contribution is -2.00. The zero-order valence-electron chi connectivity index (χ0n) is 6.32. The van der Waals surface area contributed by atoms with Crippen LogP contribution in [0.4, 0.5) is 0 Å². The van der Waals surface area contributed by atoms with Crippen LogP contribution in [-0.4, -0.2) is 16.2 Å². The SMILES string of the molecule is NCc1ccc(C(=O)O)cc1O. The topological polar surface area (TPSA) is 83.6 Å². The molecule has 0 spiro atoms. The summed E-state index contributed by atoms with van der Waals surface area (Å²) >= 11 is 0. The van der Waals surface area contributed by atoms with Gasteiger partial charge in [0.2, 0.25) is 0 Å². The molecule has 1 rings (SSSR count). The van der Waals surface area contributed by atoms with E-state index >= 15 is 0 Å². The summed E-state index contributed by atoms with van der Waals surface area (Å²) < 4.78 is 0. The summed E-state index contributed by atoms with van der Waals surface area (Å²) in [5.74, 6) is -1.13. The zero-order valence-corrected chi connectivity index (χ0v) is 6.32. The Labute approximate surface area is 69.3 Å². The van der Waals surface area contributed by atoms with Gasteiger partial charge in [-0.3, -0.25) is 0 Å². The van der Waals surface area contributed by atoms with E-state index in [0.717, 1.165) is 0 Å². The van der Waals surface area contributed by atoms with Crippen LogP contribution >= 0.6 is 0 Å². The zero-order chi connectivity index (χ0) is 9.14. The van der Waals surface area contributed by atoms with Crippen LogP contribution in [0.3, 0.4) is 0 Å². The highest BCUT2D eigenvalue weighted by molar-refractivity contribution is 5.88. The fourth-order valence-electron chi connectivity index (χ4n) is 0.869. The van der Waals surface area contributed by atoms with Crippen LogP contribution in [0.1, 0.15) is 15.9 Å². The lowest BCUT2D eigenvalue weighted by atomic mass is 10.1. The summed E-state index contributed by atoms with van der Waals surface area (Å²) in [6.45, 7) is 0.200. The molecule has 0 aliphatic carbocycles. The molecular weight excluding hydrogens is 158 g/mol. The standard InChI is InChI=1S/C8H9NO3/c9-4-6-2-1-5(8(11)12)3-7(6)10/h1-3,10H,4,9H2,(H,11,12). The van der Waals surface area contributed by atoms with E-state index in [2.05, 4.69) is 0 Å². The van der Waals surface area contributed by atoms with Crippen LogP contribution in [0.15, 0.2) is 18.2 Å². The van der Waals surface area contributed by atoms with Crippen molar-refractivity contribution < 1.29 is 15.0 Å². The van der Waals surface area contributed by atoms with Gasteiger partial charge in [-0.05, 0) is 12.1 Å². The number of carboxylic acid groups (broad SMARTS) is 1. The number of aromatic carboxylic acids is 1. The summed E-state index contributed by atoms with van der Waals surface area (Å²) in [5.41, 5.74) is 5.87. The van der Waals surface area contributed by atoms with Crippen LogP contribution in [-0.2, 0) is 6.54 Å². The molecule has 1 aromatic rings. The molecule has 0 amide bonds. The van der Waals surface area contributed by atoms with Crippen LogP contribution < -0.4 is 5.73 Å². The van der Waals surface area contributed by atoms with E-state index in [4.69, 9.17) is 10.8 Å². The van der Waals surface area contributed by atoms with Gasteiger partial charge >= 0.3 is 5.97 Å². The van der Waals surface area contributed by atoms with E-state index in [1.54, 1.807) is 0 Å². The molecule has 64 valence electrons. The molecule has 4 heteroatoms. The molecule has 0 saturated heterocycles. The normalized spacial score (nSPS) is 9.75. The number of phenols is 1. The molecule has 0 atom stereocenters. The highest BCUT2D eigenvalue weighted by Gasteiger charge is 2.05. The number of rotatable bonds is 2. The molecule has 4 nitrogen and oxygen atoms in total. The number of aromatic hydroxyl groups is 1. The van der Waals surface area contributed by atoms with Crippen molar-refractivity contribution in [1.82, 2.24) is 0 Å². The molecule has 0 heterocycles. The van der Waals surface area contributed by atoms with E-state index < -0.39 is 5.97 Å². The molecule has 1 aromatic carbocycles. The molecule has 0 saturated carbocycles. The van der Waals surface area contributed by atoms with Crippen LogP contribution in [0, 0.1) is 0 Å². The Morgan fingerprint density at radius 2 is 2.17 bits per heavy atom. The second-order valence-corrected chi connectivity index (χ2v) is 2.35. The molecule has 0 aromatic heterocycles. The lowest BCUT2D eigenvalue weighted by Gasteiger charge is -2.01. The summed E-state index contributed by atoms with van der Waals surface area (Å²) in [6.07, 6.45) is 0.